The molecule has 5 aromatic rings. The van der Waals surface area contributed by atoms with Crippen LogP contribution in [0.25, 0.3) is 11.0 Å². The van der Waals surface area contributed by atoms with Gasteiger partial charge in [0.2, 0.25) is 11.8 Å². The molecule has 3 fully saturated rings. The molecular weight excluding hydrogens is 699 g/mol. The minimum absolute atomic E-state index is 0.00632. The minimum Gasteiger partial charge on any atom is -0.507 e. The number of piperazine rings is 1. The normalized spacial score (nSPS) is 19.6. The Morgan fingerprint density at radius 1 is 0.927 bits per heavy atom. The Labute approximate surface area is 318 Å². The third kappa shape index (κ3) is 7.40. The van der Waals surface area contributed by atoms with E-state index in [1.807, 2.05) is 47.4 Å². The van der Waals surface area contributed by atoms with Crippen molar-refractivity contribution < 1.29 is 19.5 Å². The second kappa shape index (κ2) is 15.4. The molecular formula is C41H45N9O5. The van der Waals surface area contributed by atoms with Crippen LogP contribution in [0.3, 0.4) is 0 Å². The topological polar surface area (TPSA) is 160 Å². The number of allylic oxidation sites excluding steroid dienone is 1. The summed E-state index contributed by atoms with van der Waals surface area (Å²) in [6.45, 7) is 2.17. The molecule has 3 atom stereocenters. The van der Waals surface area contributed by atoms with Crippen LogP contribution in [0.1, 0.15) is 78.3 Å². The predicted octanol–water partition coefficient (Wildman–Crippen LogP) is 4.06. The average Bonchev–Trinajstić information content (AvgIpc) is 3.97. The zero-order valence-corrected chi connectivity index (χ0v) is 30.9. The quantitative estimate of drug-likeness (QED) is 0.0735. The molecule has 55 heavy (non-hydrogen) atoms. The summed E-state index contributed by atoms with van der Waals surface area (Å²) in [6.07, 6.45) is 12.7. The highest BCUT2D eigenvalue weighted by Gasteiger charge is 2.42. The third-order valence-corrected chi connectivity index (χ3v) is 11.2. The monoisotopic (exact) mass is 743 g/mol. The van der Waals surface area contributed by atoms with Gasteiger partial charge in [0, 0.05) is 57.1 Å². The molecule has 8 rings (SSSR count). The van der Waals surface area contributed by atoms with Crippen LogP contribution in [0.4, 0.5) is 5.82 Å². The van der Waals surface area contributed by atoms with E-state index in [4.69, 9.17) is 4.98 Å². The molecule has 3 aromatic heterocycles. The number of ketones is 1. The number of nitrogens with zero attached hydrogens (tertiary/aromatic N) is 8. The van der Waals surface area contributed by atoms with E-state index < -0.39 is 11.9 Å². The molecule has 2 N–H and O–H groups in total. The molecule has 0 aliphatic carbocycles. The van der Waals surface area contributed by atoms with Gasteiger partial charge in [-0.1, -0.05) is 48.4 Å². The third-order valence-electron chi connectivity index (χ3n) is 11.2. The number of anilines is 1. The molecule has 0 radical (unpaired) electrons. The van der Waals surface area contributed by atoms with Crippen molar-refractivity contribution in [2.45, 2.75) is 82.5 Å². The molecule has 0 spiro atoms. The van der Waals surface area contributed by atoms with Crippen molar-refractivity contribution in [2.24, 2.45) is 7.05 Å². The number of benzene rings is 2. The Bertz CT molecular complexity index is 2340. The van der Waals surface area contributed by atoms with Crippen molar-refractivity contribution >= 4 is 34.4 Å². The van der Waals surface area contributed by atoms with E-state index >= 15 is 0 Å². The zero-order valence-electron chi connectivity index (χ0n) is 30.9. The number of hydrogen-bond acceptors (Lipinski definition) is 10. The van der Waals surface area contributed by atoms with Crippen LogP contribution in [0, 0.1) is 0 Å². The summed E-state index contributed by atoms with van der Waals surface area (Å²) in [5, 5.41) is 21.2. The second-order valence-electron chi connectivity index (χ2n) is 14.9. The summed E-state index contributed by atoms with van der Waals surface area (Å²) in [5.41, 5.74) is 4.59. The number of nitrogens with one attached hydrogen (secondary N) is 1. The van der Waals surface area contributed by atoms with E-state index in [0.29, 0.717) is 30.6 Å². The van der Waals surface area contributed by atoms with Crippen molar-refractivity contribution in [1.29, 1.82) is 0 Å². The number of carbonyl (C=O) groups is 3. The number of phenolic OH excluding ortho intramolecular Hbond substituents is 1. The van der Waals surface area contributed by atoms with E-state index in [9.17, 15) is 24.3 Å². The predicted molar refractivity (Wildman–Crippen MR) is 206 cm³/mol. The highest BCUT2D eigenvalue weighted by molar-refractivity contribution is 6.06. The van der Waals surface area contributed by atoms with Crippen molar-refractivity contribution in [3.63, 3.8) is 0 Å². The van der Waals surface area contributed by atoms with Gasteiger partial charge in [-0.3, -0.25) is 28.8 Å². The summed E-state index contributed by atoms with van der Waals surface area (Å²) in [6, 6.07) is 18.5. The summed E-state index contributed by atoms with van der Waals surface area (Å²) >= 11 is 0. The van der Waals surface area contributed by atoms with Crippen LogP contribution in [-0.2, 0) is 36.0 Å². The van der Waals surface area contributed by atoms with E-state index in [1.54, 1.807) is 35.9 Å². The smallest absolute Gasteiger partial charge is 0.329 e. The van der Waals surface area contributed by atoms with Gasteiger partial charge in [-0.05, 0) is 74.4 Å². The fourth-order valence-electron chi connectivity index (χ4n) is 8.43. The number of aromatic nitrogens is 6. The van der Waals surface area contributed by atoms with Gasteiger partial charge in [0.25, 0.3) is 0 Å². The van der Waals surface area contributed by atoms with Crippen LogP contribution >= 0.6 is 0 Å². The minimum atomic E-state index is -0.686. The summed E-state index contributed by atoms with van der Waals surface area (Å²) in [4.78, 5) is 59.6. The van der Waals surface area contributed by atoms with E-state index in [2.05, 4.69) is 31.5 Å². The number of likely N-dealkylation sites (tertiary alicyclic amines) is 1. The maximum Gasteiger partial charge on any atom is 0.329 e. The Balaban J connectivity index is 0.795. The van der Waals surface area contributed by atoms with Crippen LogP contribution in [0.2, 0.25) is 0 Å². The fraction of sp³-hybridized carbons (Fsp3) is 0.390. The number of fused-ring (bicyclic) bond motifs is 3. The molecule has 1 unspecified atom stereocenters. The van der Waals surface area contributed by atoms with Gasteiger partial charge in [-0.15, -0.1) is 5.10 Å². The molecule has 14 nitrogen and oxygen atoms in total. The zero-order chi connectivity index (χ0) is 38.1. The molecule has 0 saturated carbocycles. The van der Waals surface area contributed by atoms with Gasteiger partial charge in [0.1, 0.15) is 17.6 Å². The maximum atomic E-state index is 13.2. The van der Waals surface area contributed by atoms with Crippen molar-refractivity contribution in [3.8, 4) is 5.75 Å². The number of hydrogen-bond donors (Lipinski definition) is 2. The summed E-state index contributed by atoms with van der Waals surface area (Å²) in [5.74, 6) is 0.0148. The number of carbonyl (C=O) groups excluding carboxylic acids is 3. The number of imide groups is 1. The van der Waals surface area contributed by atoms with Gasteiger partial charge in [0.15, 0.2) is 5.78 Å². The summed E-state index contributed by atoms with van der Waals surface area (Å²) < 4.78 is 5.01. The average molecular weight is 744 g/mol. The number of piperidine rings is 1. The highest BCUT2D eigenvalue weighted by atomic mass is 16.3. The van der Waals surface area contributed by atoms with Crippen LogP contribution in [0.5, 0.6) is 5.75 Å². The van der Waals surface area contributed by atoms with Crippen molar-refractivity contribution in [2.75, 3.05) is 18.0 Å². The number of imidazole rings is 1. The number of aryl methyl sites for hydroxylation is 3. The van der Waals surface area contributed by atoms with E-state index in [-0.39, 0.29) is 29.6 Å². The standard InChI is InChI=1S/C41H45N9O5/c1-46-39-27(11-8-15-33(39)50(41(46)55)34-18-19-38(53)43-40(34)54)10-4-2-3-5-12-29-24-48(45-44-29)23-28-13-9-17-37(42-28)49-26-30-22-31(49)25-47(30)21-20-36(52)32-14-6-7-16-35(32)51/h6-9,11,13-17,20-21,24,30-31,34,51H,2-5,10,12,18-19,22-23,25-26H2,1H3,(H,43,53,54)/b21-20+/t30-,31-,34?/m1/s1. The largest absolute Gasteiger partial charge is 0.507 e. The van der Waals surface area contributed by atoms with E-state index in [0.717, 1.165) is 91.8 Å². The number of unbranched alkanes of at least 4 members (excludes halogenated alkanes) is 3. The first-order valence-electron chi connectivity index (χ1n) is 19.1. The van der Waals surface area contributed by atoms with Gasteiger partial charge < -0.3 is 14.9 Å². The Morgan fingerprint density at radius 2 is 1.75 bits per heavy atom. The second-order valence-corrected chi connectivity index (χ2v) is 14.9. The molecule has 2 amide bonds. The summed E-state index contributed by atoms with van der Waals surface area (Å²) in [7, 11) is 1.74. The van der Waals surface area contributed by atoms with Gasteiger partial charge >= 0.3 is 5.69 Å². The number of rotatable bonds is 14. The molecule has 2 aromatic carbocycles. The molecule has 2 bridgehead atoms. The first-order valence-corrected chi connectivity index (χ1v) is 19.1. The van der Waals surface area contributed by atoms with Crippen LogP contribution in [-0.4, -0.2) is 81.9 Å². The fourth-order valence-corrected chi connectivity index (χ4v) is 8.43. The number of para-hydroxylation sites is 2. The Morgan fingerprint density at radius 3 is 2.55 bits per heavy atom. The Hall–Kier alpha value is -6.05. The molecule has 14 heteroatoms. The molecule has 3 aliphatic rings. The van der Waals surface area contributed by atoms with Crippen LogP contribution in [0.15, 0.2) is 83.9 Å². The lowest BCUT2D eigenvalue weighted by atomic mass is 10.0. The number of pyridine rings is 1. The van der Waals surface area contributed by atoms with Gasteiger partial charge in [0.05, 0.1) is 34.5 Å². The van der Waals surface area contributed by atoms with E-state index in [1.165, 1.54) is 10.6 Å². The van der Waals surface area contributed by atoms with Gasteiger partial charge in [-0.25, -0.2) is 14.5 Å². The molecule has 284 valence electrons. The lowest BCUT2D eigenvalue weighted by Crippen LogP contribution is -2.44. The number of aromatic hydroxyl groups is 1. The number of amides is 2. The molecule has 3 aliphatic heterocycles. The lowest BCUT2D eigenvalue weighted by Gasteiger charge is -2.34. The Kier molecular flexibility index (Phi) is 10.0. The van der Waals surface area contributed by atoms with Crippen LogP contribution < -0.4 is 15.9 Å². The first-order chi connectivity index (χ1) is 26.7. The van der Waals surface area contributed by atoms with Gasteiger partial charge in [-0.2, -0.15) is 0 Å². The highest BCUT2D eigenvalue weighted by Crippen LogP contribution is 2.34. The van der Waals surface area contributed by atoms with Crippen molar-refractivity contribution in [1.82, 2.24) is 39.3 Å². The maximum absolute atomic E-state index is 13.2. The SMILES string of the molecule is Cn1c(=O)n(C2CCC(=O)NC2=O)c2cccc(CCCCCCc3cn(Cc4cccc(N5C[C@H]6C[C@@H]5CN6/C=C/C(=O)c5ccccc5O)n4)nn3)c21. The van der Waals surface area contributed by atoms with Crippen molar-refractivity contribution in [3.05, 3.63) is 112 Å². The first kappa shape index (κ1) is 36.0. The molecule has 6 heterocycles. The number of phenols is 1. The lowest BCUT2D eigenvalue weighted by molar-refractivity contribution is -0.135. The molecule has 3 saturated heterocycles.